The van der Waals surface area contributed by atoms with Gasteiger partial charge in [-0.15, -0.1) is 0 Å². The largest absolute Gasteiger partial charge is 0.351 e. The van der Waals surface area contributed by atoms with Crippen molar-refractivity contribution < 1.29 is 9.59 Å². The van der Waals surface area contributed by atoms with Crippen molar-refractivity contribution in [1.29, 1.82) is 0 Å². The average molecular weight is 325 g/mol. The zero-order valence-electron chi connectivity index (χ0n) is 14.3. The quantitative estimate of drug-likeness (QED) is 0.910. The lowest BCUT2D eigenvalue weighted by molar-refractivity contribution is -0.123. The van der Waals surface area contributed by atoms with Gasteiger partial charge >= 0.3 is 0 Å². The number of nitrogens with one attached hydrogen (secondary N) is 2. The number of amides is 2. The van der Waals surface area contributed by atoms with E-state index in [0.717, 1.165) is 17.0 Å². The molecule has 1 aliphatic heterocycles. The fraction of sp³-hybridized carbons (Fsp3) is 0.368. The van der Waals surface area contributed by atoms with E-state index in [9.17, 15) is 9.59 Å². The number of carbonyl (C=O) groups is 2. The van der Waals surface area contributed by atoms with Gasteiger partial charge in [-0.05, 0) is 31.9 Å². The highest BCUT2D eigenvalue weighted by Crippen LogP contribution is 2.25. The lowest BCUT2D eigenvalue weighted by atomic mass is 9.91. The summed E-state index contributed by atoms with van der Waals surface area (Å²) in [5, 5.41) is 6.13. The van der Waals surface area contributed by atoms with Crippen LogP contribution in [0.1, 0.15) is 46.2 Å². The molecule has 1 fully saturated rings. The van der Waals surface area contributed by atoms with Crippen LogP contribution in [0.25, 0.3) is 0 Å². The van der Waals surface area contributed by atoms with E-state index in [-0.39, 0.29) is 23.9 Å². The Labute approximate surface area is 142 Å². The van der Waals surface area contributed by atoms with E-state index in [1.165, 1.54) is 0 Å². The van der Waals surface area contributed by atoms with Crippen LogP contribution in [0.4, 0.5) is 0 Å². The van der Waals surface area contributed by atoms with E-state index in [1.807, 2.05) is 61.9 Å². The van der Waals surface area contributed by atoms with Gasteiger partial charge in [0.2, 0.25) is 5.91 Å². The minimum Gasteiger partial charge on any atom is -0.351 e. The minimum atomic E-state index is -0.193. The highest BCUT2D eigenvalue weighted by molar-refractivity contribution is 5.96. The summed E-state index contributed by atoms with van der Waals surface area (Å²) in [4.78, 5) is 24.5. The van der Waals surface area contributed by atoms with Gasteiger partial charge in [0.25, 0.3) is 5.91 Å². The van der Waals surface area contributed by atoms with Crippen LogP contribution in [0.2, 0.25) is 0 Å². The third kappa shape index (κ3) is 3.07. The summed E-state index contributed by atoms with van der Waals surface area (Å²) in [5.41, 5.74) is 3.70. The van der Waals surface area contributed by atoms with Crippen molar-refractivity contribution in [3.8, 4) is 0 Å². The molecule has 2 amide bonds. The van der Waals surface area contributed by atoms with E-state index in [0.29, 0.717) is 18.4 Å². The number of carbonyl (C=O) groups excluding carboxylic acids is 2. The normalized spacial score (nSPS) is 20.5. The van der Waals surface area contributed by atoms with E-state index in [1.54, 1.807) is 0 Å². The number of nitrogens with zero attached hydrogens (tertiary/aromatic N) is 1. The van der Waals surface area contributed by atoms with E-state index in [2.05, 4.69) is 10.6 Å². The number of benzene rings is 1. The van der Waals surface area contributed by atoms with Crippen molar-refractivity contribution >= 4 is 11.8 Å². The van der Waals surface area contributed by atoms with Crippen molar-refractivity contribution in [2.75, 3.05) is 0 Å². The first-order valence-corrected chi connectivity index (χ1v) is 8.25. The molecule has 2 heterocycles. The first kappa shape index (κ1) is 16.3. The summed E-state index contributed by atoms with van der Waals surface area (Å²) >= 11 is 0. The van der Waals surface area contributed by atoms with Gasteiger partial charge < -0.3 is 15.2 Å². The molecule has 1 aromatic heterocycles. The SMILES string of the molecule is Cc1cc(C(=O)N[C@@H]2CCC(=O)N[C@H]2c2ccccc2)c(C)n1C. The number of aromatic nitrogens is 1. The third-order valence-electron chi connectivity index (χ3n) is 4.90. The van der Waals surface area contributed by atoms with Gasteiger partial charge in [-0.1, -0.05) is 30.3 Å². The Morgan fingerprint density at radius 1 is 1.25 bits per heavy atom. The van der Waals surface area contributed by atoms with Crippen LogP contribution in [0.5, 0.6) is 0 Å². The predicted octanol–water partition coefficient (Wildman–Crippen LogP) is 2.39. The Kier molecular flexibility index (Phi) is 4.42. The topological polar surface area (TPSA) is 63.1 Å². The van der Waals surface area contributed by atoms with Crippen LogP contribution < -0.4 is 10.6 Å². The fourth-order valence-corrected chi connectivity index (χ4v) is 3.26. The summed E-state index contributed by atoms with van der Waals surface area (Å²) in [7, 11) is 1.95. The molecule has 1 saturated heterocycles. The standard InChI is InChI=1S/C19H23N3O2/c1-12-11-15(13(2)22(12)3)19(24)20-16-9-10-17(23)21-18(16)14-7-5-4-6-8-14/h4-8,11,16,18H,9-10H2,1-3H3,(H,20,24)(H,21,23)/t16-,18+/m1/s1. The Morgan fingerprint density at radius 2 is 1.96 bits per heavy atom. The molecule has 1 aromatic carbocycles. The number of hydrogen-bond donors (Lipinski definition) is 2. The molecule has 1 aliphatic rings. The second kappa shape index (κ2) is 6.51. The predicted molar refractivity (Wildman–Crippen MR) is 92.7 cm³/mol. The van der Waals surface area contributed by atoms with Gasteiger partial charge in [-0.2, -0.15) is 0 Å². The summed E-state index contributed by atoms with van der Waals surface area (Å²) in [6.45, 7) is 3.93. The Hall–Kier alpha value is -2.56. The van der Waals surface area contributed by atoms with Crippen molar-refractivity contribution in [2.24, 2.45) is 7.05 Å². The van der Waals surface area contributed by atoms with Crippen molar-refractivity contribution in [2.45, 2.75) is 38.8 Å². The molecular formula is C19H23N3O2. The first-order valence-electron chi connectivity index (χ1n) is 8.25. The van der Waals surface area contributed by atoms with Crippen LogP contribution in [-0.4, -0.2) is 22.4 Å². The summed E-state index contributed by atoms with van der Waals surface area (Å²) < 4.78 is 2.01. The van der Waals surface area contributed by atoms with Gasteiger partial charge in [0.15, 0.2) is 0 Å². The molecule has 0 unspecified atom stereocenters. The van der Waals surface area contributed by atoms with Crippen LogP contribution in [0, 0.1) is 13.8 Å². The van der Waals surface area contributed by atoms with Crippen LogP contribution in [0.15, 0.2) is 36.4 Å². The maximum Gasteiger partial charge on any atom is 0.253 e. The number of rotatable bonds is 3. The average Bonchev–Trinajstić information content (AvgIpc) is 2.85. The number of aryl methyl sites for hydroxylation is 1. The highest BCUT2D eigenvalue weighted by atomic mass is 16.2. The zero-order chi connectivity index (χ0) is 17.3. The maximum atomic E-state index is 12.7. The van der Waals surface area contributed by atoms with Crippen LogP contribution in [-0.2, 0) is 11.8 Å². The van der Waals surface area contributed by atoms with Crippen LogP contribution in [0.3, 0.4) is 0 Å². The Balaban J connectivity index is 1.82. The van der Waals surface area contributed by atoms with E-state index in [4.69, 9.17) is 0 Å². The molecule has 2 aromatic rings. The molecule has 24 heavy (non-hydrogen) atoms. The molecule has 0 aliphatic carbocycles. The molecule has 5 nitrogen and oxygen atoms in total. The van der Waals surface area contributed by atoms with Gasteiger partial charge in [0, 0.05) is 24.9 Å². The molecule has 2 N–H and O–H groups in total. The van der Waals surface area contributed by atoms with E-state index < -0.39 is 0 Å². The summed E-state index contributed by atoms with van der Waals surface area (Å²) in [6, 6.07) is 11.4. The second-order valence-corrected chi connectivity index (χ2v) is 6.42. The van der Waals surface area contributed by atoms with Gasteiger partial charge in [0.05, 0.1) is 17.6 Å². The number of piperidine rings is 1. The number of hydrogen-bond acceptors (Lipinski definition) is 2. The highest BCUT2D eigenvalue weighted by Gasteiger charge is 2.31. The zero-order valence-corrected chi connectivity index (χ0v) is 14.3. The first-order chi connectivity index (χ1) is 11.5. The van der Waals surface area contributed by atoms with E-state index >= 15 is 0 Å². The monoisotopic (exact) mass is 325 g/mol. The molecule has 0 spiro atoms. The fourth-order valence-electron chi connectivity index (χ4n) is 3.26. The molecule has 2 atom stereocenters. The van der Waals surface area contributed by atoms with Gasteiger partial charge in [-0.25, -0.2) is 0 Å². The smallest absolute Gasteiger partial charge is 0.253 e. The molecule has 0 bridgehead atoms. The third-order valence-corrected chi connectivity index (χ3v) is 4.90. The molecule has 0 saturated carbocycles. The molecule has 126 valence electrons. The minimum absolute atomic E-state index is 0.0288. The van der Waals surface area contributed by atoms with Crippen molar-refractivity contribution in [1.82, 2.24) is 15.2 Å². The second-order valence-electron chi connectivity index (χ2n) is 6.42. The Morgan fingerprint density at radius 3 is 2.58 bits per heavy atom. The molecule has 3 rings (SSSR count). The molecule has 0 radical (unpaired) electrons. The Bertz CT molecular complexity index is 764. The summed E-state index contributed by atoms with van der Waals surface area (Å²) in [5.74, 6) is -0.0561. The van der Waals surface area contributed by atoms with Crippen LogP contribution >= 0.6 is 0 Å². The van der Waals surface area contributed by atoms with Crippen molar-refractivity contribution in [3.05, 3.63) is 58.9 Å². The van der Waals surface area contributed by atoms with Crippen molar-refractivity contribution in [3.63, 3.8) is 0 Å². The van der Waals surface area contributed by atoms with Gasteiger partial charge in [0.1, 0.15) is 0 Å². The summed E-state index contributed by atoms with van der Waals surface area (Å²) in [6.07, 6.45) is 1.07. The van der Waals surface area contributed by atoms with Gasteiger partial charge in [-0.3, -0.25) is 9.59 Å². The molecule has 5 heteroatoms. The molecular weight excluding hydrogens is 302 g/mol. The lowest BCUT2D eigenvalue weighted by Gasteiger charge is -2.33. The maximum absolute atomic E-state index is 12.7. The lowest BCUT2D eigenvalue weighted by Crippen LogP contribution is -2.50.